The number of anilines is 1. The van der Waals surface area contributed by atoms with Crippen LogP contribution in [0.15, 0.2) is 35.2 Å². The fraction of sp³-hybridized carbons (Fsp3) is 0.357. The fourth-order valence-corrected chi connectivity index (χ4v) is 3.17. The molecule has 0 spiro atoms. The molecule has 1 unspecified atom stereocenters. The Morgan fingerprint density at radius 1 is 1.45 bits per heavy atom. The van der Waals surface area contributed by atoms with Crippen molar-refractivity contribution >= 4 is 21.6 Å². The van der Waals surface area contributed by atoms with Gasteiger partial charge >= 0.3 is 0 Å². The summed E-state index contributed by atoms with van der Waals surface area (Å²) < 4.78 is 22.9. The van der Waals surface area contributed by atoms with Crippen molar-refractivity contribution in [3.8, 4) is 0 Å². The summed E-state index contributed by atoms with van der Waals surface area (Å²) in [6.07, 6.45) is 6.54. The van der Waals surface area contributed by atoms with Crippen LogP contribution in [0.5, 0.6) is 0 Å². The second-order valence-corrected chi connectivity index (χ2v) is 6.52. The molecule has 1 atom stereocenters. The van der Waals surface area contributed by atoms with E-state index in [0.29, 0.717) is 17.7 Å². The molecule has 3 N–H and O–H groups in total. The van der Waals surface area contributed by atoms with E-state index >= 15 is 0 Å². The van der Waals surface area contributed by atoms with Gasteiger partial charge in [0.15, 0.2) is 0 Å². The number of hydrogen-bond donors (Lipinski definition) is 2. The third-order valence-electron chi connectivity index (χ3n) is 3.42. The molecule has 1 aliphatic rings. The van der Waals surface area contributed by atoms with Crippen LogP contribution in [0.25, 0.3) is 0 Å². The summed E-state index contributed by atoms with van der Waals surface area (Å²) in [7, 11) is -3.78. The lowest BCUT2D eigenvalue weighted by atomic mass is 10.0. The normalized spacial score (nSPS) is 18.2. The van der Waals surface area contributed by atoms with Crippen LogP contribution in [0, 0.1) is 12.8 Å². The number of allylic oxidation sites excluding steroid dienone is 2. The van der Waals surface area contributed by atoms with E-state index in [4.69, 9.17) is 5.14 Å². The Morgan fingerprint density at radius 2 is 2.20 bits per heavy atom. The quantitative estimate of drug-likeness (QED) is 0.832. The van der Waals surface area contributed by atoms with Gasteiger partial charge in [-0.25, -0.2) is 13.6 Å². The number of sulfonamides is 1. The zero-order chi connectivity index (χ0) is 14.8. The predicted molar refractivity (Wildman–Crippen MR) is 77.7 cm³/mol. The molecule has 0 fully saturated rings. The Kier molecular flexibility index (Phi) is 4.25. The van der Waals surface area contributed by atoms with Gasteiger partial charge in [0, 0.05) is 12.1 Å². The summed E-state index contributed by atoms with van der Waals surface area (Å²) >= 11 is 0. The number of rotatable bonds is 4. The molecular weight excluding hydrogens is 276 g/mol. The second kappa shape index (κ2) is 5.76. The highest BCUT2D eigenvalue weighted by atomic mass is 32.2. The molecule has 6 heteroatoms. The molecule has 1 aromatic rings. The standard InChI is InChI=1S/C14H18N2O3S/c1-10-12(7-4-8-13(10)20(15,18)19)16-14(17)9-11-5-2-3-6-11/h2,4-5,7-8,11H,3,6,9H2,1H3,(H,16,17)(H2,15,18,19). The third kappa shape index (κ3) is 3.46. The van der Waals surface area contributed by atoms with E-state index < -0.39 is 10.0 Å². The highest BCUT2D eigenvalue weighted by Crippen LogP contribution is 2.24. The molecule has 0 bridgehead atoms. The van der Waals surface area contributed by atoms with Crippen molar-refractivity contribution in [1.82, 2.24) is 0 Å². The zero-order valence-electron chi connectivity index (χ0n) is 11.3. The predicted octanol–water partition coefficient (Wildman–Crippen LogP) is 1.94. The Morgan fingerprint density at radius 3 is 2.80 bits per heavy atom. The first-order valence-corrected chi connectivity index (χ1v) is 8.01. The number of primary sulfonamides is 1. The Labute approximate surface area is 118 Å². The smallest absolute Gasteiger partial charge is 0.238 e. The summed E-state index contributed by atoms with van der Waals surface area (Å²) in [5.41, 5.74) is 0.953. The van der Waals surface area contributed by atoms with Crippen LogP contribution in [0.2, 0.25) is 0 Å². The molecule has 108 valence electrons. The van der Waals surface area contributed by atoms with Crippen molar-refractivity contribution < 1.29 is 13.2 Å². The molecule has 20 heavy (non-hydrogen) atoms. The Balaban J connectivity index is 2.13. The first-order valence-electron chi connectivity index (χ1n) is 6.47. The van der Waals surface area contributed by atoms with Crippen LogP contribution in [0.4, 0.5) is 5.69 Å². The maximum Gasteiger partial charge on any atom is 0.238 e. The molecule has 0 aliphatic heterocycles. The van der Waals surface area contributed by atoms with Crippen LogP contribution in [0.3, 0.4) is 0 Å². The Hall–Kier alpha value is -1.66. The fourth-order valence-electron chi connectivity index (χ4n) is 2.36. The summed E-state index contributed by atoms with van der Waals surface area (Å²) in [6, 6.07) is 4.67. The second-order valence-electron chi connectivity index (χ2n) is 4.99. The topological polar surface area (TPSA) is 89.3 Å². The van der Waals surface area contributed by atoms with E-state index in [1.54, 1.807) is 19.1 Å². The summed E-state index contributed by atoms with van der Waals surface area (Å²) in [6.45, 7) is 1.63. The van der Waals surface area contributed by atoms with E-state index in [2.05, 4.69) is 11.4 Å². The van der Waals surface area contributed by atoms with Crippen LogP contribution in [0.1, 0.15) is 24.8 Å². The Bertz CT molecular complexity index is 650. The van der Waals surface area contributed by atoms with Gasteiger partial charge in [0.25, 0.3) is 0 Å². The molecule has 5 nitrogen and oxygen atoms in total. The highest BCUT2D eigenvalue weighted by Gasteiger charge is 2.17. The lowest BCUT2D eigenvalue weighted by Gasteiger charge is -2.12. The molecule has 0 saturated heterocycles. The molecule has 2 rings (SSSR count). The molecular formula is C14H18N2O3S. The molecule has 1 aliphatic carbocycles. The third-order valence-corrected chi connectivity index (χ3v) is 4.48. The number of hydrogen-bond acceptors (Lipinski definition) is 3. The van der Waals surface area contributed by atoms with Gasteiger partial charge in [0.05, 0.1) is 4.90 Å². The van der Waals surface area contributed by atoms with E-state index in [0.717, 1.165) is 12.8 Å². The monoisotopic (exact) mass is 294 g/mol. The largest absolute Gasteiger partial charge is 0.326 e. The number of carbonyl (C=O) groups is 1. The lowest BCUT2D eigenvalue weighted by Crippen LogP contribution is -2.18. The molecule has 0 aromatic heterocycles. The first kappa shape index (κ1) is 14.7. The number of carbonyl (C=O) groups excluding carboxylic acids is 1. The number of nitrogens with one attached hydrogen (secondary N) is 1. The maximum absolute atomic E-state index is 12.0. The highest BCUT2D eigenvalue weighted by molar-refractivity contribution is 7.89. The summed E-state index contributed by atoms with van der Waals surface area (Å²) in [5.74, 6) is 0.160. The van der Waals surface area contributed by atoms with E-state index in [-0.39, 0.29) is 16.7 Å². The van der Waals surface area contributed by atoms with Crippen molar-refractivity contribution in [2.45, 2.75) is 31.1 Å². The van der Waals surface area contributed by atoms with E-state index in [9.17, 15) is 13.2 Å². The SMILES string of the molecule is Cc1c(NC(=O)CC2C=CCC2)cccc1S(N)(=O)=O. The van der Waals surface area contributed by atoms with Gasteiger partial charge in [-0.05, 0) is 43.4 Å². The van der Waals surface area contributed by atoms with Crippen molar-refractivity contribution in [1.29, 1.82) is 0 Å². The van der Waals surface area contributed by atoms with Crippen LogP contribution < -0.4 is 10.5 Å². The minimum absolute atomic E-state index is 0.0380. The molecule has 0 radical (unpaired) electrons. The molecule has 1 aromatic carbocycles. The van der Waals surface area contributed by atoms with Gasteiger partial charge in [-0.2, -0.15) is 0 Å². The minimum Gasteiger partial charge on any atom is -0.326 e. The van der Waals surface area contributed by atoms with E-state index in [1.165, 1.54) is 6.07 Å². The van der Waals surface area contributed by atoms with Crippen molar-refractivity contribution in [3.05, 3.63) is 35.9 Å². The molecule has 0 saturated carbocycles. The van der Waals surface area contributed by atoms with Crippen molar-refractivity contribution in [3.63, 3.8) is 0 Å². The number of nitrogens with two attached hydrogens (primary N) is 1. The lowest BCUT2D eigenvalue weighted by molar-refractivity contribution is -0.116. The van der Waals surface area contributed by atoms with Gasteiger partial charge in [-0.3, -0.25) is 4.79 Å². The number of amides is 1. The summed E-state index contributed by atoms with van der Waals surface area (Å²) in [5, 5.41) is 7.90. The minimum atomic E-state index is -3.78. The van der Waals surface area contributed by atoms with Gasteiger partial charge < -0.3 is 5.32 Å². The van der Waals surface area contributed by atoms with Gasteiger partial charge in [-0.1, -0.05) is 18.2 Å². The van der Waals surface area contributed by atoms with Crippen LogP contribution in [-0.4, -0.2) is 14.3 Å². The zero-order valence-corrected chi connectivity index (χ0v) is 12.1. The first-order chi connectivity index (χ1) is 9.38. The van der Waals surface area contributed by atoms with Crippen molar-refractivity contribution in [2.24, 2.45) is 11.1 Å². The molecule has 0 heterocycles. The van der Waals surface area contributed by atoms with Crippen LogP contribution in [-0.2, 0) is 14.8 Å². The van der Waals surface area contributed by atoms with Crippen molar-refractivity contribution in [2.75, 3.05) is 5.32 Å². The van der Waals surface area contributed by atoms with E-state index in [1.807, 2.05) is 6.08 Å². The van der Waals surface area contributed by atoms with Gasteiger partial charge in [0.1, 0.15) is 0 Å². The van der Waals surface area contributed by atoms with Gasteiger partial charge in [0.2, 0.25) is 15.9 Å². The average molecular weight is 294 g/mol. The maximum atomic E-state index is 12.0. The van der Waals surface area contributed by atoms with Crippen LogP contribution >= 0.6 is 0 Å². The van der Waals surface area contributed by atoms with Gasteiger partial charge in [-0.15, -0.1) is 0 Å². The number of benzene rings is 1. The average Bonchev–Trinajstić information content (AvgIpc) is 2.83. The summed E-state index contributed by atoms with van der Waals surface area (Å²) in [4.78, 5) is 12.0. The molecule has 1 amide bonds.